The van der Waals surface area contributed by atoms with Gasteiger partial charge in [0.1, 0.15) is 17.7 Å². The molecule has 2 aromatic heterocycles. The lowest BCUT2D eigenvalue weighted by molar-refractivity contribution is -0.113. The molecule has 0 unspecified atom stereocenters. The van der Waals surface area contributed by atoms with Crippen molar-refractivity contribution in [3.8, 4) is 6.07 Å². The zero-order valence-electron chi connectivity index (χ0n) is 19.5. The van der Waals surface area contributed by atoms with Gasteiger partial charge < -0.3 is 14.5 Å². The lowest BCUT2D eigenvalue weighted by atomic mass is 9.95. The van der Waals surface area contributed by atoms with Crippen molar-refractivity contribution in [1.82, 2.24) is 19.3 Å². The summed E-state index contributed by atoms with van der Waals surface area (Å²) in [6.45, 7) is 4.01. The standard InChI is InChI=1S/C25H30N6OS/c1-17-18(2)31(20-12-8-5-9-13-20)24(21(17)15-26)27-23(32)16-33-25-29-28-22(30(25)3)14-19-10-6-4-7-11-19/h4,6-7,10-11,20H,5,8-9,12-14,16H2,1-3H3,(H,27,32). The fraction of sp³-hybridized carbons (Fsp3) is 0.440. The van der Waals surface area contributed by atoms with Crippen LogP contribution >= 0.6 is 11.8 Å². The van der Waals surface area contributed by atoms with E-state index in [-0.39, 0.29) is 11.7 Å². The second-order valence-corrected chi connectivity index (χ2v) is 9.61. The highest BCUT2D eigenvalue weighted by molar-refractivity contribution is 7.99. The largest absolute Gasteiger partial charge is 0.327 e. The zero-order chi connectivity index (χ0) is 23.4. The number of carbonyl (C=O) groups excluding carboxylic acids is 1. The molecular weight excluding hydrogens is 432 g/mol. The summed E-state index contributed by atoms with van der Waals surface area (Å²) in [5.41, 5.74) is 3.76. The third-order valence-electron chi connectivity index (χ3n) is 6.53. The van der Waals surface area contributed by atoms with Gasteiger partial charge in [-0.15, -0.1) is 10.2 Å². The van der Waals surface area contributed by atoms with Gasteiger partial charge in [0.25, 0.3) is 0 Å². The first-order valence-corrected chi connectivity index (χ1v) is 12.4. The Hall–Kier alpha value is -3.05. The first kappa shape index (κ1) is 23.1. The van der Waals surface area contributed by atoms with Crippen LogP contribution in [-0.4, -0.2) is 31.0 Å². The molecule has 0 aliphatic heterocycles. The van der Waals surface area contributed by atoms with Crippen molar-refractivity contribution in [3.05, 3.63) is 58.5 Å². The van der Waals surface area contributed by atoms with Crippen molar-refractivity contribution < 1.29 is 4.79 Å². The van der Waals surface area contributed by atoms with Gasteiger partial charge >= 0.3 is 0 Å². The third kappa shape index (κ3) is 4.98. The maximum atomic E-state index is 12.9. The summed E-state index contributed by atoms with van der Waals surface area (Å²) in [7, 11) is 1.92. The van der Waals surface area contributed by atoms with E-state index in [9.17, 15) is 10.1 Å². The Morgan fingerprint density at radius 1 is 1.18 bits per heavy atom. The van der Waals surface area contributed by atoms with E-state index in [2.05, 4.69) is 38.3 Å². The Balaban J connectivity index is 1.46. The third-order valence-corrected chi connectivity index (χ3v) is 7.55. The van der Waals surface area contributed by atoms with Crippen LogP contribution in [0.1, 0.15) is 66.4 Å². The summed E-state index contributed by atoms with van der Waals surface area (Å²) < 4.78 is 4.13. The average molecular weight is 463 g/mol. The highest BCUT2D eigenvalue weighted by Crippen LogP contribution is 2.36. The van der Waals surface area contributed by atoms with Crippen molar-refractivity contribution in [2.24, 2.45) is 7.05 Å². The number of rotatable bonds is 7. The lowest BCUT2D eigenvalue weighted by Gasteiger charge is -2.27. The second kappa shape index (κ2) is 10.3. The first-order valence-electron chi connectivity index (χ1n) is 11.5. The van der Waals surface area contributed by atoms with Crippen molar-refractivity contribution in [2.45, 2.75) is 63.6 Å². The summed E-state index contributed by atoms with van der Waals surface area (Å²) in [5, 5.41) is 22.1. The van der Waals surface area contributed by atoms with E-state index in [0.29, 0.717) is 29.0 Å². The number of nitrogens with zero attached hydrogens (tertiary/aromatic N) is 5. The van der Waals surface area contributed by atoms with Gasteiger partial charge in [-0.05, 0) is 37.8 Å². The molecule has 1 N–H and O–H groups in total. The molecule has 1 amide bonds. The normalized spacial score (nSPS) is 14.2. The molecule has 1 saturated carbocycles. The summed E-state index contributed by atoms with van der Waals surface area (Å²) in [6.07, 6.45) is 6.48. The predicted molar refractivity (Wildman–Crippen MR) is 130 cm³/mol. The van der Waals surface area contributed by atoms with Crippen LogP contribution in [0.3, 0.4) is 0 Å². The molecule has 0 bridgehead atoms. The SMILES string of the molecule is Cc1c(C#N)c(NC(=O)CSc2nnc(Cc3ccccc3)n2C)n(C2CCCCC2)c1C. The number of nitriles is 1. The molecule has 172 valence electrons. The molecule has 33 heavy (non-hydrogen) atoms. The molecule has 8 heteroatoms. The molecular formula is C25H30N6OS. The van der Waals surface area contributed by atoms with Gasteiger partial charge in [0.2, 0.25) is 5.91 Å². The van der Waals surface area contributed by atoms with Crippen LogP contribution in [0.5, 0.6) is 0 Å². The summed E-state index contributed by atoms with van der Waals surface area (Å²) >= 11 is 1.36. The molecule has 1 aliphatic rings. The fourth-order valence-electron chi connectivity index (χ4n) is 4.58. The molecule has 1 fully saturated rings. The summed E-state index contributed by atoms with van der Waals surface area (Å²) in [4.78, 5) is 12.9. The van der Waals surface area contributed by atoms with Gasteiger partial charge in [0, 0.05) is 25.2 Å². The fourth-order valence-corrected chi connectivity index (χ4v) is 5.31. The molecule has 0 radical (unpaired) electrons. The first-order chi connectivity index (χ1) is 16.0. The Bertz CT molecular complexity index is 1170. The van der Waals surface area contributed by atoms with Crippen LogP contribution in [0, 0.1) is 25.2 Å². The number of hydrogen-bond acceptors (Lipinski definition) is 5. The molecule has 0 saturated heterocycles. The van der Waals surface area contributed by atoms with Gasteiger partial charge in [-0.2, -0.15) is 5.26 Å². The van der Waals surface area contributed by atoms with Crippen molar-refractivity contribution in [2.75, 3.05) is 11.1 Å². The summed E-state index contributed by atoms with van der Waals surface area (Å²) in [5.74, 6) is 1.57. The molecule has 0 atom stereocenters. The second-order valence-electron chi connectivity index (χ2n) is 8.66. The number of aromatic nitrogens is 4. The van der Waals surface area contributed by atoms with Crippen LogP contribution in [0.25, 0.3) is 0 Å². The van der Waals surface area contributed by atoms with Gasteiger partial charge in [-0.3, -0.25) is 4.79 Å². The number of anilines is 1. The minimum absolute atomic E-state index is 0.140. The highest BCUT2D eigenvalue weighted by Gasteiger charge is 2.26. The van der Waals surface area contributed by atoms with Crippen LogP contribution in [-0.2, 0) is 18.3 Å². The Kier molecular flexibility index (Phi) is 7.19. The number of thioether (sulfide) groups is 1. The van der Waals surface area contributed by atoms with Crippen LogP contribution < -0.4 is 5.32 Å². The number of carbonyl (C=O) groups is 1. The molecule has 1 aliphatic carbocycles. The van der Waals surface area contributed by atoms with Gasteiger partial charge in [-0.25, -0.2) is 0 Å². The summed E-state index contributed by atoms with van der Waals surface area (Å²) in [6, 6.07) is 12.8. The minimum Gasteiger partial charge on any atom is -0.327 e. The predicted octanol–water partition coefficient (Wildman–Crippen LogP) is 4.93. The lowest BCUT2D eigenvalue weighted by Crippen LogP contribution is -2.22. The van der Waals surface area contributed by atoms with Crippen LogP contribution in [0.15, 0.2) is 35.5 Å². The van der Waals surface area contributed by atoms with Gasteiger partial charge in [-0.1, -0.05) is 61.4 Å². The molecule has 0 spiro atoms. The van der Waals surface area contributed by atoms with E-state index in [0.717, 1.165) is 29.9 Å². The van der Waals surface area contributed by atoms with Crippen molar-refractivity contribution >= 4 is 23.5 Å². The topological polar surface area (TPSA) is 88.5 Å². The Morgan fingerprint density at radius 2 is 1.91 bits per heavy atom. The molecule has 1 aromatic carbocycles. The van der Waals surface area contributed by atoms with Crippen LogP contribution in [0.4, 0.5) is 5.82 Å². The number of hydrogen-bond donors (Lipinski definition) is 1. The van der Waals surface area contributed by atoms with Gasteiger partial charge in [0.15, 0.2) is 5.16 Å². The van der Waals surface area contributed by atoms with E-state index in [4.69, 9.17) is 0 Å². The smallest absolute Gasteiger partial charge is 0.235 e. The van der Waals surface area contributed by atoms with Crippen molar-refractivity contribution in [1.29, 1.82) is 5.26 Å². The van der Waals surface area contributed by atoms with E-state index in [1.54, 1.807) is 0 Å². The minimum atomic E-state index is -0.140. The van der Waals surface area contributed by atoms with Gasteiger partial charge in [0.05, 0.1) is 11.3 Å². The van der Waals surface area contributed by atoms with E-state index < -0.39 is 0 Å². The monoisotopic (exact) mass is 462 g/mol. The maximum Gasteiger partial charge on any atom is 0.235 e. The number of amides is 1. The van der Waals surface area contributed by atoms with Crippen LogP contribution in [0.2, 0.25) is 0 Å². The molecule has 2 heterocycles. The van der Waals surface area contributed by atoms with Crippen molar-refractivity contribution in [3.63, 3.8) is 0 Å². The highest BCUT2D eigenvalue weighted by atomic mass is 32.2. The Morgan fingerprint density at radius 3 is 2.61 bits per heavy atom. The zero-order valence-corrected chi connectivity index (χ0v) is 20.3. The maximum absolute atomic E-state index is 12.9. The molecule has 3 aromatic rings. The Labute approximate surface area is 199 Å². The van der Waals surface area contributed by atoms with E-state index in [1.807, 2.05) is 43.7 Å². The average Bonchev–Trinajstić information content (AvgIpc) is 3.29. The molecule has 4 rings (SSSR count). The van der Waals surface area contributed by atoms with E-state index in [1.165, 1.54) is 36.6 Å². The quantitative estimate of drug-likeness (QED) is 0.503. The number of nitrogens with one attached hydrogen (secondary N) is 1. The molecule has 7 nitrogen and oxygen atoms in total. The number of benzene rings is 1. The van der Waals surface area contributed by atoms with E-state index >= 15 is 0 Å².